The summed E-state index contributed by atoms with van der Waals surface area (Å²) >= 11 is 0. The molecule has 0 bridgehead atoms. The van der Waals surface area contributed by atoms with Crippen molar-refractivity contribution >= 4 is 0 Å². The maximum Gasteiger partial charge on any atom is 0.157 e. The van der Waals surface area contributed by atoms with Gasteiger partial charge in [-0.1, -0.05) is 64.3 Å². The number of ether oxygens (including phenoxy) is 2. The molecule has 112 valence electrons. The highest BCUT2D eigenvalue weighted by Crippen LogP contribution is 2.09. The van der Waals surface area contributed by atoms with Gasteiger partial charge in [0.25, 0.3) is 0 Å². The molecule has 0 saturated carbocycles. The van der Waals surface area contributed by atoms with Crippen LogP contribution in [0.25, 0.3) is 0 Å². The molecule has 0 aliphatic carbocycles. The van der Waals surface area contributed by atoms with Crippen LogP contribution in [-0.2, 0) is 9.47 Å². The van der Waals surface area contributed by atoms with Crippen molar-refractivity contribution in [2.24, 2.45) is 0 Å². The highest BCUT2D eigenvalue weighted by Gasteiger charge is 2.07. The minimum atomic E-state index is -0.0387. The van der Waals surface area contributed by atoms with E-state index in [1.807, 2.05) is 6.08 Å². The molecule has 0 spiro atoms. The second kappa shape index (κ2) is 15.5. The highest BCUT2D eigenvalue weighted by molar-refractivity contribution is 4.96. The molecule has 0 unspecified atom stereocenters. The number of rotatable bonds is 14. The average Bonchev–Trinajstić information content (AvgIpc) is 2.43. The maximum absolute atomic E-state index is 5.82. The summed E-state index contributed by atoms with van der Waals surface area (Å²) < 4.78 is 11.6. The van der Waals surface area contributed by atoms with Crippen LogP contribution in [0, 0.1) is 0 Å². The third-order valence-electron chi connectivity index (χ3n) is 2.94. The van der Waals surface area contributed by atoms with Crippen molar-refractivity contribution in [1.82, 2.24) is 0 Å². The van der Waals surface area contributed by atoms with Gasteiger partial charge in [-0.2, -0.15) is 0 Å². The second-order valence-corrected chi connectivity index (χ2v) is 4.83. The van der Waals surface area contributed by atoms with Crippen LogP contribution >= 0.6 is 0 Å². The third-order valence-corrected chi connectivity index (χ3v) is 2.94. The van der Waals surface area contributed by atoms with Crippen LogP contribution in [0.5, 0.6) is 0 Å². The van der Waals surface area contributed by atoms with Gasteiger partial charge in [-0.25, -0.2) is 0 Å². The van der Waals surface area contributed by atoms with Gasteiger partial charge < -0.3 is 9.47 Å². The van der Waals surface area contributed by atoms with Gasteiger partial charge in [0, 0.05) is 19.6 Å². The zero-order valence-corrected chi connectivity index (χ0v) is 12.9. The third kappa shape index (κ3) is 13.6. The van der Waals surface area contributed by atoms with Gasteiger partial charge in [0.15, 0.2) is 6.29 Å². The van der Waals surface area contributed by atoms with Crippen molar-refractivity contribution in [2.45, 2.75) is 71.5 Å². The molecular weight excluding hydrogens is 236 g/mol. The van der Waals surface area contributed by atoms with E-state index in [1.54, 1.807) is 6.08 Å². The standard InChI is InChI=1S/C17H32O2/c1-4-7-10-11-14-17(18-15-12-8-5-2)19-16-13-9-6-3/h4,7,10,17H,1,5-6,8-9,11-16H2,2-3H3/b10-7-. The van der Waals surface area contributed by atoms with Crippen LogP contribution in [-0.4, -0.2) is 19.5 Å². The molecule has 0 aliphatic rings. The lowest BCUT2D eigenvalue weighted by atomic mass is 10.2. The van der Waals surface area contributed by atoms with Crippen LogP contribution in [0.1, 0.15) is 65.2 Å². The van der Waals surface area contributed by atoms with E-state index in [9.17, 15) is 0 Å². The summed E-state index contributed by atoms with van der Waals surface area (Å²) in [5.41, 5.74) is 0. The molecule has 0 atom stereocenters. The lowest BCUT2D eigenvalue weighted by molar-refractivity contribution is -0.146. The Kier molecular flexibility index (Phi) is 15.0. The molecule has 19 heavy (non-hydrogen) atoms. The van der Waals surface area contributed by atoms with Crippen molar-refractivity contribution in [3.8, 4) is 0 Å². The molecular formula is C17H32O2. The molecule has 0 rings (SSSR count). The number of unbranched alkanes of at least 4 members (excludes halogenated alkanes) is 4. The van der Waals surface area contributed by atoms with Crippen molar-refractivity contribution < 1.29 is 9.47 Å². The Hall–Kier alpha value is -0.600. The Morgan fingerprint density at radius 3 is 2.00 bits per heavy atom. The fourth-order valence-corrected chi connectivity index (χ4v) is 1.77. The van der Waals surface area contributed by atoms with Crippen molar-refractivity contribution in [3.05, 3.63) is 24.8 Å². The van der Waals surface area contributed by atoms with E-state index in [4.69, 9.17) is 9.47 Å². The monoisotopic (exact) mass is 268 g/mol. The molecule has 0 amide bonds. The summed E-state index contributed by atoms with van der Waals surface area (Å²) in [6, 6.07) is 0. The fourth-order valence-electron chi connectivity index (χ4n) is 1.77. The largest absolute Gasteiger partial charge is 0.353 e. The summed E-state index contributed by atoms with van der Waals surface area (Å²) in [5.74, 6) is 0. The zero-order valence-electron chi connectivity index (χ0n) is 12.9. The molecule has 0 N–H and O–H groups in total. The molecule has 0 heterocycles. The first-order valence-corrected chi connectivity index (χ1v) is 7.85. The van der Waals surface area contributed by atoms with E-state index < -0.39 is 0 Å². The van der Waals surface area contributed by atoms with Crippen molar-refractivity contribution in [2.75, 3.05) is 13.2 Å². The van der Waals surface area contributed by atoms with Crippen molar-refractivity contribution in [3.63, 3.8) is 0 Å². The molecule has 2 nitrogen and oxygen atoms in total. The predicted octanol–water partition coefficient (Wildman–Crippen LogP) is 5.25. The number of hydrogen-bond donors (Lipinski definition) is 0. The molecule has 0 aromatic rings. The van der Waals surface area contributed by atoms with E-state index >= 15 is 0 Å². The summed E-state index contributed by atoms with van der Waals surface area (Å²) in [7, 11) is 0. The molecule has 0 saturated heterocycles. The van der Waals surface area contributed by atoms with E-state index in [0.29, 0.717) is 0 Å². The van der Waals surface area contributed by atoms with E-state index in [1.165, 1.54) is 25.7 Å². The van der Waals surface area contributed by atoms with Crippen LogP contribution in [0.4, 0.5) is 0 Å². The lowest BCUT2D eigenvalue weighted by Crippen LogP contribution is -2.18. The minimum absolute atomic E-state index is 0.0387. The zero-order chi connectivity index (χ0) is 14.2. The van der Waals surface area contributed by atoms with Gasteiger partial charge in [-0.3, -0.25) is 0 Å². The number of hydrogen-bond acceptors (Lipinski definition) is 2. The molecule has 0 aromatic carbocycles. The van der Waals surface area contributed by atoms with Gasteiger partial charge in [-0.15, -0.1) is 0 Å². The summed E-state index contributed by atoms with van der Waals surface area (Å²) in [6.45, 7) is 9.72. The van der Waals surface area contributed by atoms with Crippen LogP contribution in [0.15, 0.2) is 24.8 Å². The summed E-state index contributed by atoms with van der Waals surface area (Å²) in [4.78, 5) is 0. The fraction of sp³-hybridized carbons (Fsp3) is 0.765. The molecule has 2 heteroatoms. The van der Waals surface area contributed by atoms with E-state index in [2.05, 4.69) is 26.5 Å². The first kappa shape index (κ1) is 18.4. The first-order valence-electron chi connectivity index (χ1n) is 7.85. The van der Waals surface area contributed by atoms with Crippen LogP contribution < -0.4 is 0 Å². The molecule has 0 fully saturated rings. The second-order valence-electron chi connectivity index (χ2n) is 4.83. The first-order chi connectivity index (χ1) is 9.35. The quantitative estimate of drug-likeness (QED) is 0.243. The molecule has 0 aromatic heterocycles. The normalized spacial score (nSPS) is 11.5. The topological polar surface area (TPSA) is 18.5 Å². The van der Waals surface area contributed by atoms with Crippen LogP contribution in [0.2, 0.25) is 0 Å². The Bertz CT molecular complexity index is 199. The van der Waals surface area contributed by atoms with Gasteiger partial charge in [-0.05, 0) is 19.3 Å². The van der Waals surface area contributed by atoms with Gasteiger partial charge in [0.1, 0.15) is 0 Å². The number of allylic oxidation sites excluding steroid dienone is 3. The average molecular weight is 268 g/mol. The van der Waals surface area contributed by atoms with E-state index in [-0.39, 0.29) is 6.29 Å². The Morgan fingerprint density at radius 2 is 1.53 bits per heavy atom. The van der Waals surface area contributed by atoms with Crippen molar-refractivity contribution in [1.29, 1.82) is 0 Å². The Morgan fingerprint density at radius 1 is 0.947 bits per heavy atom. The lowest BCUT2D eigenvalue weighted by Gasteiger charge is -2.18. The highest BCUT2D eigenvalue weighted by atomic mass is 16.7. The Balaban J connectivity index is 3.78. The maximum atomic E-state index is 5.82. The SMILES string of the molecule is C=C/C=C\CCC(OCCCCC)OCCCCC. The van der Waals surface area contributed by atoms with Gasteiger partial charge in [0.2, 0.25) is 0 Å². The van der Waals surface area contributed by atoms with Gasteiger partial charge >= 0.3 is 0 Å². The van der Waals surface area contributed by atoms with Crippen LogP contribution in [0.3, 0.4) is 0 Å². The smallest absolute Gasteiger partial charge is 0.157 e. The molecule has 0 aliphatic heterocycles. The predicted molar refractivity (Wildman–Crippen MR) is 83.3 cm³/mol. The van der Waals surface area contributed by atoms with E-state index in [0.717, 1.165) is 38.9 Å². The Labute approximate surface area is 119 Å². The summed E-state index contributed by atoms with van der Waals surface area (Å²) in [6.07, 6.45) is 15.0. The van der Waals surface area contributed by atoms with Gasteiger partial charge in [0.05, 0.1) is 0 Å². The molecule has 0 radical (unpaired) electrons. The summed E-state index contributed by atoms with van der Waals surface area (Å²) in [5, 5.41) is 0. The minimum Gasteiger partial charge on any atom is -0.353 e.